The van der Waals surface area contributed by atoms with E-state index in [4.69, 9.17) is 13.6 Å². The van der Waals surface area contributed by atoms with Crippen molar-refractivity contribution in [2.75, 3.05) is 6.61 Å². The molecule has 0 amide bonds. The van der Waals surface area contributed by atoms with E-state index in [2.05, 4.69) is 74.3 Å². The van der Waals surface area contributed by atoms with Crippen LogP contribution in [0.15, 0.2) is 12.7 Å². The summed E-state index contributed by atoms with van der Waals surface area (Å²) in [5.41, 5.74) is -0.827. The topological polar surface area (TPSA) is 51.2 Å². The van der Waals surface area contributed by atoms with Crippen LogP contribution >= 0.6 is 0 Å². The highest BCUT2D eigenvalue weighted by Crippen LogP contribution is 2.40. The summed E-state index contributed by atoms with van der Waals surface area (Å²) in [6.07, 6.45) is 4.00. The number of hydrogen-bond donors (Lipinski definition) is 1. The van der Waals surface area contributed by atoms with Gasteiger partial charge in [0.15, 0.2) is 16.6 Å². The first kappa shape index (κ1) is 27.0. The monoisotopic (exact) mass is 444 g/mol. The molecule has 0 aromatic rings. The molecular weight excluding hydrogens is 396 g/mol. The Morgan fingerprint density at radius 2 is 1.52 bits per heavy atom. The van der Waals surface area contributed by atoms with E-state index in [1.807, 2.05) is 13.0 Å². The number of rotatable bonds is 11. The minimum Gasteiger partial charge on any atom is -0.417 e. The Kier molecular flexibility index (Phi) is 8.63. The second-order valence-corrected chi connectivity index (χ2v) is 21.7. The molecule has 1 fully saturated rings. The maximum Gasteiger partial charge on any atom is 0.192 e. The van der Waals surface area contributed by atoms with Crippen molar-refractivity contribution in [2.45, 2.75) is 128 Å². The predicted octanol–water partition coefficient (Wildman–Crippen LogP) is 6.27. The summed E-state index contributed by atoms with van der Waals surface area (Å²) >= 11 is 0. The van der Waals surface area contributed by atoms with Crippen LogP contribution in [0.5, 0.6) is 0 Å². The first-order chi connectivity index (χ1) is 12.8. The Morgan fingerprint density at radius 3 is 1.93 bits per heavy atom. The average molecular weight is 445 g/mol. The molecule has 0 unspecified atom stereocenters. The highest BCUT2D eigenvalue weighted by atomic mass is 28.4. The van der Waals surface area contributed by atoms with Crippen molar-refractivity contribution in [1.29, 1.82) is 0 Å². The van der Waals surface area contributed by atoms with Crippen LogP contribution < -0.4 is 0 Å². The third kappa shape index (κ3) is 8.22. The largest absolute Gasteiger partial charge is 0.417 e. The van der Waals surface area contributed by atoms with E-state index in [9.17, 15) is 5.11 Å². The fourth-order valence-corrected chi connectivity index (χ4v) is 5.44. The Morgan fingerprint density at radius 1 is 1.00 bits per heavy atom. The summed E-state index contributed by atoms with van der Waals surface area (Å²) < 4.78 is 18.7. The minimum absolute atomic E-state index is 0.0170. The second kappa shape index (κ2) is 9.25. The van der Waals surface area contributed by atoms with E-state index in [0.717, 1.165) is 6.42 Å². The maximum absolute atomic E-state index is 11.1. The first-order valence-corrected chi connectivity index (χ1v) is 17.0. The van der Waals surface area contributed by atoms with Gasteiger partial charge < -0.3 is 18.7 Å². The predicted molar refractivity (Wildman–Crippen MR) is 129 cm³/mol. The van der Waals surface area contributed by atoms with Crippen molar-refractivity contribution in [3.05, 3.63) is 12.7 Å². The molecular formula is C23H48O4Si2. The third-order valence-electron chi connectivity index (χ3n) is 7.14. The summed E-state index contributed by atoms with van der Waals surface area (Å²) in [5, 5.41) is 11.4. The lowest BCUT2D eigenvalue weighted by molar-refractivity contribution is -0.00894. The zero-order chi connectivity index (χ0) is 22.9. The molecule has 1 heterocycles. The van der Waals surface area contributed by atoms with E-state index in [-0.39, 0.29) is 28.4 Å². The van der Waals surface area contributed by atoms with Gasteiger partial charge in [0.1, 0.15) is 6.10 Å². The van der Waals surface area contributed by atoms with Gasteiger partial charge in [-0.25, -0.2) is 0 Å². The first-order valence-electron chi connectivity index (χ1n) is 11.1. The Labute approximate surface area is 182 Å². The van der Waals surface area contributed by atoms with Gasteiger partial charge in [-0.15, -0.1) is 6.58 Å². The lowest BCUT2D eigenvalue weighted by atomic mass is 9.91. The van der Waals surface area contributed by atoms with Crippen molar-refractivity contribution >= 4 is 16.6 Å². The van der Waals surface area contributed by atoms with Gasteiger partial charge in [-0.1, -0.05) is 47.6 Å². The zero-order valence-corrected chi connectivity index (χ0v) is 23.0. The Hall–Kier alpha value is 0.0138. The van der Waals surface area contributed by atoms with Gasteiger partial charge in [0, 0.05) is 25.6 Å². The molecule has 1 saturated heterocycles. The zero-order valence-electron chi connectivity index (χ0n) is 21.0. The van der Waals surface area contributed by atoms with Crippen LogP contribution in [-0.4, -0.2) is 52.3 Å². The van der Waals surface area contributed by atoms with E-state index in [1.54, 1.807) is 0 Å². The highest BCUT2D eigenvalue weighted by Gasteiger charge is 2.44. The molecule has 0 bridgehead atoms. The molecule has 0 radical (unpaired) electrons. The summed E-state index contributed by atoms with van der Waals surface area (Å²) in [6, 6.07) is 0. The maximum atomic E-state index is 11.1. The normalized spacial score (nSPS) is 24.1. The lowest BCUT2D eigenvalue weighted by Crippen LogP contribution is -2.47. The van der Waals surface area contributed by atoms with Crippen molar-refractivity contribution in [1.82, 2.24) is 0 Å². The van der Waals surface area contributed by atoms with Crippen LogP contribution in [0.1, 0.15) is 67.7 Å². The highest BCUT2D eigenvalue weighted by molar-refractivity contribution is 6.74. The summed E-state index contributed by atoms with van der Waals surface area (Å²) in [4.78, 5) is 0. The Bertz CT molecular complexity index is 544. The van der Waals surface area contributed by atoms with Crippen LogP contribution in [0.2, 0.25) is 36.3 Å². The van der Waals surface area contributed by atoms with E-state index < -0.39 is 22.2 Å². The van der Waals surface area contributed by atoms with Gasteiger partial charge in [0.2, 0.25) is 0 Å². The SMILES string of the molecule is C=C[C@H]1O[C@H]1C[C@@](C)(O)C[C@@H](CCO[Si](C)(C)C(C)(C)C)O[Si](C)(C)C(C)(C)C. The second-order valence-electron chi connectivity index (χ2n) is 12.2. The van der Waals surface area contributed by atoms with Crippen molar-refractivity contribution in [2.24, 2.45) is 0 Å². The van der Waals surface area contributed by atoms with E-state index >= 15 is 0 Å². The third-order valence-corrected chi connectivity index (χ3v) is 16.2. The summed E-state index contributed by atoms with van der Waals surface area (Å²) in [6.45, 7) is 29.1. The molecule has 0 spiro atoms. The summed E-state index contributed by atoms with van der Waals surface area (Å²) in [7, 11) is -3.74. The quantitative estimate of drug-likeness (QED) is 0.232. The van der Waals surface area contributed by atoms with Crippen LogP contribution in [-0.2, 0) is 13.6 Å². The molecule has 1 aliphatic heterocycles. The molecule has 1 aliphatic rings. The number of ether oxygens (including phenoxy) is 1. The molecule has 172 valence electrons. The van der Waals surface area contributed by atoms with Gasteiger partial charge in [0.25, 0.3) is 0 Å². The number of hydrogen-bond acceptors (Lipinski definition) is 4. The lowest BCUT2D eigenvalue weighted by Gasteiger charge is -2.41. The molecule has 4 atom stereocenters. The van der Waals surface area contributed by atoms with Gasteiger partial charge in [-0.3, -0.25) is 0 Å². The molecule has 1 N–H and O–H groups in total. The Balaban J connectivity index is 2.82. The van der Waals surface area contributed by atoms with Crippen LogP contribution in [0.3, 0.4) is 0 Å². The fraction of sp³-hybridized carbons (Fsp3) is 0.913. The number of aliphatic hydroxyl groups is 1. The minimum atomic E-state index is -1.95. The molecule has 29 heavy (non-hydrogen) atoms. The van der Waals surface area contributed by atoms with Crippen molar-refractivity contribution in [3.8, 4) is 0 Å². The van der Waals surface area contributed by atoms with Gasteiger partial charge >= 0.3 is 0 Å². The standard InChI is InChI=1S/C23H48O4Si2/c1-13-19-20(26-19)17-23(8,24)16-18(27-29(11,12)22(5,6)7)14-15-25-28(9,10)21(2,3)4/h13,18-20,24H,1,14-17H2,2-12H3/t18-,19-,20+,23+/m1/s1. The molecule has 0 aliphatic carbocycles. The molecule has 1 rings (SSSR count). The number of epoxide rings is 1. The van der Waals surface area contributed by atoms with Gasteiger partial charge in [0.05, 0.1) is 11.7 Å². The molecule has 6 heteroatoms. The van der Waals surface area contributed by atoms with Crippen molar-refractivity contribution < 1.29 is 18.7 Å². The smallest absolute Gasteiger partial charge is 0.192 e. The van der Waals surface area contributed by atoms with Gasteiger partial charge in [-0.05, 0) is 49.6 Å². The van der Waals surface area contributed by atoms with Crippen LogP contribution in [0, 0.1) is 0 Å². The molecule has 0 aromatic heterocycles. The fourth-order valence-electron chi connectivity index (χ4n) is 2.99. The molecule has 0 saturated carbocycles. The van der Waals surface area contributed by atoms with Crippen LogP contribution in [0.4, 0.5) is 0 Å². The van der Waals surface area contributed by atoms with E-state index in [0.29, 0.717) is 19.4 Å². The van der Waals surface area contributed by atoms with Crippen molar-refractivity contribution in [3.63, 3.8) is 0 Å². The van der Waals surface area contributed by atoms with Crippen LogP contribution in [0.25, 0.3) is 0 Å². The molecule has 0 aromatic carbocycles. The summed E-state index contributed by atoms with van der Waals surface area (Å²) in [5.74, 6) is 0. The van der Waals surface area contributed by atoms with Gasteiger partial charge in [-0.2, -0.15) is 0 Å². The van der Waals surface area contributed by atoms with E-state index in [1.165, 1.54) is 0 Å². The average Bonchev–Trinajstić information content (AvgIpc) is 3.20. The molecule has 4 nitrogen and oxygen atoms in total.